The van der Waals surface area contributed by atoms with Crippen molar-refractivity contribution >= 4 is 6.29 Å². The molecule has 0 unspecified atom stereocenters. The fourth-order valence-electron chi connectivity index (χ4n) is 1.08. The molecule has 0 amide bonds. The van der Waals surface area contributed by atoms with E-state index in [1.54, 1.807) is 13.1 Å². The number of hydrogen-bond acceptors (Lipinski definition) is 3. The second-order valence-electron chi connectivity index (χ2n) is 4.28. The van der Waals surface area contributed by atoms with Crippen LogP contribution >= 0.6 is 0 Å². The molecule has 1 rings (SSSR count). The molecule has 0 N–H and O–H groups in total. The van der Waals surface area contributed by atoms with Gasteiger partial charge in [-0.1, -0.05) is 20.8 Å². The van der Waals surface area contributed by atoms with Crippen molar-refractivity contribution < 1.29 is 4.79 Å². The summed E-state index contributed by atoms with van der Waals surface area (Å²) in [6.07, 6.45) is 0.569. The van der Waals surface area contributed by atoms with Gasteiger partial charge < -0.3 is 0 Å². The molecule has 0 spiro atoms. The van der Waals surface area contributed by atoms with E-state index in [4.69, 9.17) is 0 Å². The van der Waals surface area contributed by atoms with Gasteiger partial charge in [-0.3, -0.25) is 9.59 Å². The molecule has 0 fully saturated rings. The smallest absolute Gasteiger partial charge is 0.277 e. The molecule has 0 saturated heterocycles. The second-order valence-corrected chi connectivity index (χ2v) is 4.28. The van der Waals surface area contributed by atoms with Gasteiger partial charge in [0.2, 0.25) is 0 Å². The summed E-state index contributed by atoms with van der Waals surface area (Å²) in [5, 5.41) is 4.10. The minimum atomic E-state index is -0.354. The normalized spacial score (nSPS) is 11.4. The number of aryl methyl sites for hydroxylation is 1. The molecule has 0 aliphatic heterocycles. The van der Waals surface area contributed by atoms with Crippen molar-refractivity contribution in [3.05, 3.63) is 27.7 Å². The molecule has 0 radical (unpaired) electrons. The topological polar surface area (TPSA) is 52.0 Å². The van der Waals surface area contributed by atoms with Crippen molar-refractivity contribution in [2.75, 3.05) is 0 Å². The molecule has 1 aromatic rings. The van der Waals surface area contributed by atoms with Crippen molar-refractivity contribution in [2.24, 2.45) is 7.05 Å². The highest BCUT2D eigenvalue weighted by atomic mass is 16.1. The molecular weight excluding hydrogens is 180 g/mol. The zero-order valence-corrected chi connectivity index (χ0v) is 8.87. The van der Waals surface area contributed by atoms with Gasteiger partial charge in [0.1, 0.15) is 0 Å². The number of carbonyl (C=O) groups excluding carboxylic acids is 1. The number of aldehydes is 1. The summed E-state index contributed by atoms with van der Waals surface area (Å²) in [5.41, 5.74) is 0.380. The van der Waals surface area contributed by atoms with Crippen LogP contribution in [0.1, 0.15) is 36.8 Å². The molecular formula is C10H14N2O2. The summed E-state index contributed by atoms with van der Waals surface area (Å²) in [6.45, 7) is 5.94. The van der Waals surface area contributed by atoms with Crippen LogP contribution in [0.15, 0.2) is 10.9 Å². The molecule has 0 saturated carbocycles. The number of hydrogen-bond donors (Lipinski definition) is 0. The van der Waals surface area contributed by atoms with Crippen molar-refractivity contribution in [3.8, 4) is 0 Å². The number of nitrogens with zero attached hydrogens (tertiary/aromatic N) is 2. The van der Waals surface area contributed by atoms with Crippen LogP contribution in [0.4, 0.5) is 0 Å². The average molecular weight is 194 g/mol. The van der Waals surface area contributed by atoms with Crippen LogP contribution in [-0.4, -0.2) is 16.1 Å². The highest BCUT2D eigenvalue weighted by molar-refractivity contribution is 5.74. The van der Waals surface area contributed by atoms with E-state index in [-0.39, 0.29) is 16.5 Å². The zero-order chi connectivity index (χ0) is 10.9. The first kappa shape index (κ1) is 10.6. The predicted molar refractivity (Wildman–Crippen MR) is 53.6 cm³/mol. The van der Waals surface area contributed by atoms with Crippen molar-refractivity contribution in [3.63, 3.8) is 0 Å². The average Bonchev–Trinajstić information content (AvgIpc) is 2.07. The number of aromatic nitrogens is 2. The SMILES string of the molecule is Cn1nc(C(C)(C)C)cc(C=O)c1=O. The standard InChI is InChI=1S/C10H14N2O2/c1-10(2,3)8-5-7(6-13)9(14)12(4)11-8/h5-6H,1-4H3. The van der Waals surface area contributed by atoms with Gasteiger partial charge in [0.15, 0.2) is 6.29 Å². The summed E-state index contributed by atoms with van der Waals surface area (Å²) in [4.78, 5) is 22.0. The molecule has 0 aliphatic carbocycles. The van der Waals surface area contributed by atoms with E-state index in [1.165, 1.54) is 4.68 Å². The Morgan fingerprint density at radius 3 is 2.43 bits per heavy atom. The minimum Gasteiger partial charge on any atom is -0.298 e. The quantitative estimate of drug-likeness (QED) is 0.624. The Bertz CT molecular complexity index is 413. The predicted octanol–water partition coefficient (Wildman–Crippen LogP) is 0.890. The lowest BCUT2D eigenvalue weighted by atomic mass is 9.91. The molecule has 1 heterocycles. The van der Waals surface area contributed by atoms with Gasteiger partial charge in [0.25, 0.3) is 5.56 Å². The summed E-state index contributed by atoms with van der Waals surface area (Å²) in [7, 11) is 1.55. The van der Waals surface area contributed by atoms with Gasteiger partial charge >= 0.3 is 0 Å². The summed E-state index contributed by atoms with van der Waals surface area (Å²) >= 11 is 0. The summed E-state index contributed by atoms with van der Waals surface area (Å²) in [5.74, 6) is 0. The molecule has 0 bridgehead atoms. The lowest BCUT2D eigenvalue weighted by Crippen LogP contribution is -2.28. The summed E-state index contributed by atoms with van der Waals surface area (Å²) in [6, 6.07) is 1.55. The van der Waals surface area contributed by atoms with Gasteiger partial charge in [-0.2, -0.15) is 5.10 Å². The highest BCUT2D eigenvalue weighted by Crippen LogP contribution is 2.18. The fourth-order valence-corrected chi connectivity index (χ4v) is 1.08. The first-order chi connectivity index (χ1) is 6.36. The van der Waals surface area contributed by atoms with Gasteiger partial charge in [0, 0.05) is 12.5 Å². The maximum absolute atomic E-state index is 11.3. The van der Waals surface area contributed by atoms with Crippen LogP contribution in [0, 0.1) is 0 Å². The number of carbonyl (C=O) groups is 1. The zero-order valence-electron chi connectivity index (χ0n) is 8.87. The number of rotatable bonds is 1. The lowest BCUT2D eigenvalue weighted by Gasteiger charge is -2.18. The molecule has 4 nitrogen and oxygen atoms in total. The van der Waals surface area contributed by atoms with E-state index in [0.717, 1.165) is 5.69 Å². The lowest BCUT2D eigenvalue weighted by molar-refractivity contribution is 0.112. The van der Waals surface area contributed by atoms with Crippen molar-refractivity contribution in [2.45, 2.75) is 26.2 Å². The molecule has 1 aromatic heterocycles. The van der Waals surface area contributed by atoms with E-state index >= 15 is 0 Å². The van der Waals surface area contributed by atoms with Gasteiger partial charge in [-0.05, 0) is 6.07 Å². The maximum Gasteiger partial charge on any atom is 0.277 e. The third-order valence-corrected chi connectivity index (χ3v) is 1.99. The highest BCUT2D eigenvalue weighted by Gasteiger charge is 2.18. The molecule has 4 heteroatoms. The summed E-state index contributed by atoms with van der Waals surface area (Å²) < 4.78 is 1.20. The van der Waals surface area contributed by atoms with Crippen LogP contribution in [0.25, 0.3) is 0 Å². The minimum absolute atomic E-state index is 0.160. The van der Waals surface area contributed by atoms with Crippen LogP contribution in [0.3, 0.4) is 0 Å². The fraction of sp³-hybridized carbons (Fsp3) is 0.500. The largest absolute Gasteiger partial charge is 0.298 e. The third-order valence-electron chi connectivity index (χ3n) is 1.99. The first-order valence-electron chi connectivity index (χ1n) is 4.40. The Morgan fingerprint density at radius 1 is 1.43 bits per heavy atom. The Labute approximate surface area is 82.6 Å². The Kier molecular flexibility index (Phi) is 2.55. The third kappa shape index (κ3) is 1.89. The molecule has 76 valence electrons. The van der Waals surface area contributed by atoms with E-state index in [1.807, 2.05) is 20.8 Å². The van der Waals surface area contributed by atoms with Crippen LogP contribution < -0.4 is 5.56 Å². The van der Waals surface area contributed by atoms with E-state index in [0.29, 0.717) is 6.29 Å². The van der Waals surface area contributed by atoms with Crippen LogP contribution in [-0.2, 0) is 12.5 Å². The van der Waals surface area contributed by atoms with Crippen LogP contribution in [0.5, 0.6) is 0 Å². The molecule has 0 atom stereocenters. The Hall–Kier alpha value is -1.45. The second kappa shape index (κ2) is 3.36. The van der Waals surface area contributed by atoms with E-state index < -0.39 is 0 Å². The molecule has 0 aliphatic rings. The molecule has 0 aromatic carbocycles. The first-order valence-corrected chi connectivity index (χ1v) is 4.40. The Balaban J connectivity index is 3.45. The van der Waals surface area contributed by atoms with Gasteiger partial charge in [-0.25, -0.2) is 4.68 Å². The van der Waals surface area contributed by atoms with Crippen molar-refractivity contribution in [1.29, 1.82) is 0 Å². The van der Waals surface area contributed by atoms with Crippen LogP contribution in [0.2, 0.25) is 0 Å². The van der Waals surface area contributed by atoms with Crippen molar-refractivity contribution in [1.82, 2.24) is 9.78 Å². The van der Waals surface area contributed by atoms with Gasteiger partial charge in [-0.15, -0.1) is 0 Å². The Morgan fingerprint density at radius 2 is 2.00 bits per heavy atom. The van der Waals surface area contributed by atoms with E-state index in [2.05, 4.69) is 5.10 Å². The monoisotopic (exact) mass is 194 g/mol. The maximum atomic E-state index is 11.3. The van der Waals surface area contributed by atoms with Gasteiger partial charge in [0.05, 0.1) is 11.3 Å². The van der Waals surface area contributed by atoms with E-state index in [9.17, 15) is 9.59 Å². The molecule has 14 heavy (non-hydrogen) atoms.